The Kier molecular flexibility index (Phi) is 53.5. The first-order chi connectivity index (χ1) is 21.6. The SMILES string of the molecule is CCC(O)CO.CCCCCCCC/C=C\CCCCCCCCC.CCCCCCCCC=CCCCCCCCCC. The lowest BCUT2D eigenvalue weighted by molar-refractivity contribution is 0.0923. The number of unbranched alkanes of at least 4 members (excludes halogenated alkanes) is 26. The second kappa shape index (κ2) is 49.3. The van der Waals surface area contributed by atoms with Crippen LogP contribution in [-0.4, -0.2) is 22.9 Å². The third-order valence-corrected chi connectivity index (χ3v) is 8.41. The monoisotopic (exact) mass is 623 g/mol. The van der Waals surface area contributed by atoms with Crippen molar-refractivity contribution < 1.29 is 10.2 Å². The van der Waals surface area contributed by atoms with Gasteiger partial charge in [0.1, 0.15) is 0 Å². The van der Waals surface area contributed by atoms with Crippen LogP contribution in [0.25, 0.3) is 0 Å². The molecule has 0 saturated carbocycles. The van der Waals surface area contributed by atoms with Crippen molar-refractivity contribution in [2.45, 2.75) is 240 Å². The van der Waals surface area contributed by atoms with Crippen LogP contribution < -0.4 is 0 Å². The number of aliphatic hydroxyl groups excluding tert-OH is 2. The summed E-state index contributed by atoms with van der Waals surface area (Å²) in [7, 11) is 0. The molecule has 0 aliphatic heterocycles. The second-order valence-corrected chi connectivity index (χ2v) is 13.1. The predicted molar refractivity (Wildman–Crippen MR) is 203 cm³/mol. The average Bonchev–Trinajstić information content (AvgIpc) is 3.05. The predicted octanol–water partition coefficient (Wildman–Crippen LogP) is 14.6. The molecule has 0 amide bonds. The Balaban J connectivity index is -0.000000644. The molecule has 0 heterocycles. The molecule has 266 valence electrons. The van der Waals surface area contributed by atoms with Gasteiger partial charge in [-0.05, 0) is 57.8 Å². The van der Waals surface area contributed by atoms with Crippen molar-refractivity contribution in [3.63, 3.8) is 0 Å². The van der Waals surface area contributed by atoms with Crippen molar-refractivity contribution in [1.82, 2.24) is 0 Å². The van der Waals surface area contributed by atoms with Crippen LogP contribution in [0.15, 0.2) is 24.3 Å². The molecule has 0 aromatic rings. The lowest BCUT2D eigenvalue weighted by Crippen LogP contribution is -2.08. The summed E-state index contributed by atoms with van der Waals surface area (Å²) in [6, 6.07) is 0. The van der Waals surface area contributed by atoms with E-state index in [0.717, 1.165) is 0 Å². The lowest BCUT2D eigenvalue weighted by Gasteiger charge is -1.99. The van der Waals surface area contributed by atoms with Gasteiger partial charge in [-0.3, -0.25) is 0 Å². The first-order valence-electron chi connectivity index (χ1n) is 20.2. The number of aliphatic hydroxyl groups is 2. The first kappa shape index (κ1) is 47.8. The van der Waals surface area contributed by atoms with E-state index in [4.69, 9.17) is 10.2 Å². The summed E-state index contributed by atoms with van der Waals surface area (Å²) >= 11 is 0. The van der Waals surface area contributed by atoms with Crippen molar-refractivity contribution in [3.05, 3.63) is 24.3 Å². The van der Waals surface area contributed by atoms with Crippen LogP contribution in [0.4, 0.5) is 0 Å². The quantitative estimate of drug-likeness (QED) is 0.0579. The summed E-state index contributed by atoms with van der Waals surface area (Å²) in [6.45, 7) is 10.8. The van der Waals surface area contributed by atoms with E-state index in [2.05, 4.69) is 52.0 Å². The standard InChI is InChI=1S/2C19H38.C4H10O2/c2*1-3-5-7-9-11-13-15-17-19-18-16-14-12-10-8-6-4-2;1-2-4(6)3-5/h2*17,19H,3-16,18H2,1-2H3;4-6H,2-3H2,1H3/b19-17-;;. The lowest BCUT2D eigenvalue weighted by atomic mass is 10.1. The third kappa shape index (κ3) is 53.9. The topological polar surface area (TPSA) is 40.5 Å². The molecule has 2 N–H and O–H groups in total. The van der Waals surface area contributed by atoms with E-state index in [1.165, 1.54) is 193 Å². The minimum Gasteiger partial charge on any atom is -0.394 e. The molecular formula is C42H86O2. The highest BCUT2D eigenvalue weighted by molar-refractivity contribution is 4.82. The molecular weight excluding hydrogens is 536 g/mol. The zero-order valence-corrected chi connectivity index (χ0v) is 31.4. The minimum absolute atomic E-state index is 0.115. The molecule has 0 bridgehead atoms. The molecule has 2 heteroatoms. The van der Waals surface area contributed by atoms with E-state index < -0.39 is 6.10 Å². The maximum absolute atomic E-state index is 8.42. The van der Waals surface area contributed by atoms with E-state index in [9.17, 15) is 0 Å². The molecule has 1 atom stereocenters. The average molecular weight is 623 g/mol. The number of hydrogen-bond donors (Lipinski definition) is 2. The number of rotatable bonds is 32. The summed E-state index contributed by atoms with van der Waals surface area (Å²) in [5.41, 5.74) is 0. The van der Waals surface area contributed by atoms with Crippen LogP contribution in [0.1, 0.15) is 234 Å². The van der Waals surface area contributed by atoms with Gasteiger partial charge in [-0.1, -0.05) is 200 Å². The van der Waals surface area contributed by atoms with Crippen molar-refractivity contribution in [3.8, 4) is 0 Å². The van der Waals surface area contributed by atoms with Crippen LogP contribution in [0, 0.1) is 0 Å². The van der Waals surface area contributed by atoms with Gasteiger partial charge in [-0.15, -0.1) is 0 Å². The molecule has 0 aromatic heterocycles. The highest BCUT2D eigenvalue weighted by atomic mass is 16.3. The van der Waals surface area contributed by atoms with Crippen LogP contribution in [0.2, 0.25) is 0 Å². The molecule has 0 radical (unpaired) electrons. The van der Waals surface area contributed by atoms with Gasteiger partial charge in [0.15, 0.2) is 0 Å². The highest BCUT2D eigenvalue weighted by Crippen LogP contribution is 2.12. The van der Waals surface area contributed by atoms with Gasteiger partial charge in [0.2, 0.25) is 0 Å². The van der Waals surface area contributed by atoms with Gasteiger partial charge >= 0.3 is 0 Å². The maximum atomic E-state index is 8.42. The Bertz CT molecular complexity index is 454. The molecule has 0 saturated heterocycles. The van der Waals surface area contributed by atoms with Crippen molar-refractivity contribution in [1.29, 1.82) is 0 Å². The molecule has 0 aromatic carbocycles. The van der Waals surface area contributed by atoms with Crippen molar-refractivity contribution in [2.75, 3.05) is 6.61 Å². The second-order valence-electron chi connectivity index (χ2n) is 13.1. The van der Waals surface area contributed by atoms with E-state index >= 15 is 0 Å². The van der Waals surface area contributed by atoms with Crippen LogP contribution in [0.5, 0.6) is 0 Å². The van der Waals surface area contributed by atoms with Gasteiger partial charge in [0, 0.05) is 0 Å². The van der Waals surface area contributed by atoms with Crippen LogP contribution >= 0.6 is 0 Å². The molecule has 0 aliphatic rings. The normalized spacial score (nSPS) is 11.9. The molecule has 1 unspecified atom stereocenters. The summed E-state index contributed by atoms with van der Waals surface area (Å²) in [6.07, 6.45) is 52.0. The number of hydrogen-bond acceptors (Lipinski definition) is 2. The van der Waals surface area contributed by atoms with E-state index in [1.807, 2.05) is 6.92 Å². The van der Waals surface area contributed by atoms with Crippen molar-refractivity contribution in [2.24, 2.45) is 0 Å². The van der Waals surface area contributed by atoms with E-state index in [1.54, 1.807) is 0 Å². The molecule has 0 aliphatic carbocycles. The fraction of sp³-hybridized carbons (Fsp3) is 0.905. The first-order valence-corrected chi connectivity index (χ1v) is 20.2. The van der Waals surface area contributed by atoms with E-state index in [-0.39, 0.29) is 6.61 Å². The van der Waals surface area contributed by atoms with Crippen LogP contribution in [0.3, 0.4) is 0 Å². The third-order valence-electron chi connectivity index (χ3n) is 8.41. The largest absolute Gasteiger partial charge is 0.394 e. The smallest absolute Gasteiger partial charge is 0.0768 e. The summed E-state index contributed by atoms with van der Waals surface area (Å²) in [5.74, 6) is 0. The van der Waals surface area contributed by atoms with Crippen LogP contribution in [-0.2, 0) is 0 Å². The molecule has 0 fully saturated rings. The Hall–Kier alpha value is -0.600. The minimum atomic E-state index is -0.509. The highest BCUT2D eigenvalue weighted by Gasteiger charge is 1.93. The Morgan fingerprint density at radius 1 is 0.341 bits per heavy atom. The van der Waals surface area contributed by atoms with Gasteiger partial charge in [-0.2, -0.15) is 0 Å². The Labute approximate surface area is 280 Å². The summed E-state index contributed by atoms with van der Waals surface area (Å²) < 4.78 is 0. The Morgan fingerprint density at radius 2 is 0.545 bits per heavy atom. The van der Waals surface area contributed by atoms with Gasteiger partial charge in [0.05, 0.1) is 12.7 Å². The molecule has 0 spiro atoms. The zero-order valence-electron chi connectivity index (χ0n) is 31.4. The van der Waals surface area contributed by atoms with Gasteiger partial charge in [-0.25, -0.2) is 0 Å². The number of allylic oxidation sites excluding steroid dienone is 4. The maximum Gasteiger partial charge on any atom is 0.0768 e. The fourth-order valence-corrected chi connectivity index (χ4v) is 5.12. The van der Waals surface area contributed by atoms with Crippen molar-refractivity contribution >= 4 is 0 Å². The zero-order chi connectivity index (χ0) is 33.0. The molecule has 44 heavy (non-hydrogen) atoms. The summed E-state index contributed by atoms with van der Waals surface area (Å²) in [5, 5.41) is 16.5. The molecule has 2 nitrogen and oxygen atoms in total. The fourth-order valence-electron chi connectivity index (χ4n) is 5.12. The Morgan fingerprint density at radius 3 is 0.705 bits per heavy atom. The summed E-state index contributed by atoms with van der Waals surface area (Å²) in [4.78, 5) is 0. The van der Waals surface area contributed by atoms with Gasteiger partial charge in [0.25, 0.3) is 0 Å². The molecule has 0 rings (SSSR count). The van der Waals surface area contributed by atoms with Gasteiger partial charge < -0.3 is 10.2 Å². The van der Waals surface area contributed by atoms with E-state index in [0.29, 0.717) is 6.42 Å².